The van der Waals surface area contributed by atoms with Gasteiger partial charge in [0, 0.05) is 12.0 Å². The highest BCUT2D eigenvalue weighted by Crippen LogP contribution is 2.36. The monoisotopic (exact) mass is 604 g/mol. The summed E-state index contributed by atoms with van der Waals surface area (Å²) in [5, 5.41) is 0.0149. The van der Waals surface area contributed by atoms with Gasteiger partial charge in [0.2, 0.25) is 5.58 Å². The minimum absolute atomic E-state index is 0.0149. The van der Waals surface area contributed by atoms with Crippen LogP contribution in [0.5, 0.6) is 0 Å². The lowest BCUT2D eigenvalue weighted by molar-refractivity contribution is -0.682. The number of fused-ring (bicyclic) bond motifs is 1. The normalized spacial score (nSPS) is 12.0. The molecule has 0 saturated carbocycles. The average Bonchev–Trinajstić information content (AvgIpc) is 3.27. The molecule has 0 spiro atoms. The van der Waals surface area contributed by atoms with E-state index in [0.29, 0.717) is 5.56 Å². The smallest absolute Gasteiger partial charge is 0.344 e. The van der Waals surface area contributed by atoms with Crippen molar-refractivity contribution >= 4 is 32.8 Å². The van der Waals surface area contributed by atoms with Crippen molar-refractivity contribution < 1.29 is 22.0 Å². The highest BCUT2D eigenvalue weighted by atomic mass is 35.5. The Balaban J connectivity index is 1.36. The second kappa shape index (κ2) is 17.9. The number of hydrogen-bond acceptors (Lipinski definition) is 3. The third-order valence-corrected chi connectivity index (χ3v) is 9.59. The van der Waals surface area contributed by atoms with Crippen molar-refractivity contribution in [3.8, 4) is 11.1 Å². The van der Waals surface area contributed by atoms with E-state index in [-0.39, 0.29) is 9.92 Å². The molecular formula is C34H51ClNO4S+. The number of aryl methyl sites for hydroxylation is 2. The van der Waals surface area contributed by atoms with E-state index in [1.54, 1.807) is 12.1 Å². The summed E-state index contributed by atoms with van der Waals surface area (Å²) >= 11 is 6.47. The second-order valence-electron chi connectivity index (χ2n) is 11.5. The zero-order valence-corrected chi connectivity index (χ0v) is 26.9. The van der Waals surface area contributed by atoms with Crippen LogP contribution in [0.25, 0.3) is 22.2 Å². The number of para-hydroxylation sites is 1. The summed E-state index contributed by atoms with van der Waals surface area (Å²) in [5.74, 6) is 0.807. The molecule has 1 aromatic heterocycles. The van der Waals surface area contributed by atoms with E-state index < -0.39 is 10.1 Å². The first-order valence-electron chi connectivity index (χ1n) is 16.0. The summed E-state index contributed by atoms with van der Waals surface area (Å²) < 4.78 is 41.4. The Hall–Kier alpha value is -1.89. The molecule has 0 bridgehead atoms. The lowest BCUT2D eigenvalue weighted by Gasteiger charge is -2.08. The minimum atomic E-state index is -4.42. The van der Waals surface area contributed by atoms with E-state index >= 15 is 0 Å². The third-order valence-electron chi connectivity index (χ3n) is 8.17. The lowest BCUT2D eigenvalue weighted by Crippen LogP contribution is -2.35. The van der Waals surface area contributed by atoms with Gasteiger partial charge in [-0.2, -0.15) is 13.0 Å². The molecular weight excluding hydrogens is 554 g/mol. The largest absolute Gasteiger partial charge is 0.402 e. The van der Waals surface area contributed by atoms with Crippen LogP contribution < -0.4 is 4.57 Å². The maximum Gasteiger partial charge on any atom is 0.344 e. The molecule has 0 radical (unpaired) electrons. The minimum Gasteiger partial charge on any atom is -0.402 e. The fourth-order valence-electron chi connectivity index (χ4n) is 5.83. The number of halogens is 1. The molecule has 0 unspecified atom stereocenters. The van der Waals surface area contributed by atoms with Gasteiger partial charge in [-0.05, 0) is 24.6 Å². The van der Waals surface area contributed by atoms with E-state index in [4.69, 9.17) is 16.0 Å². The lowest BCUT2D eigenvalue weighted by atomic mass is 10.0. The van der Waals surface area contributed by atoms with Crippen LogP contribution >= 0.6 is 11.6 Å². The standard InChI is InChI=1S/C34H50ClNO4S/c1-3-4-5-6-7-8-9-10-11-12-13-14-15-16-17-18-19-20-27-36-28(2)40-31-25-21-24-30(34(31)36)29-23-22-26-32(33(29)35)41(37,38)39/h21-26H,3-20,27H2,1-2H3/p+1. The number of aromatic nitrogens is 1. The van der Waals surface area contributed by atoms with Gasteiger partial charge in [-0.25, -0.2) is 0 Å². The zero-order valence-electron chi connectivity index (χ0n) is 25.3. The number of benzene rings is 2. The molecule has 0 atom stereocenters. The van der Waals surface area contributed by atoms with Crippen molar-refractivity contribution in [2.75, 3.05) is 0 Å². The van der Waals surface area contributed by atoms with Gasteiger partial charge in [-0.3, -0.25) is 4.55 Å². The zero-order chi connectivity index (χ0) is 29.5. The molecule has 2 aromatic carbocycles. The van der Waals surface area contributed by atoms with Gasteiger partial charge in [0.1, 0.15) is 4.90 Å². The molecule has 5 nitrogen and oxygen atoms in total. The molecule has 7 heteroatoms. The van der Waals surface area contributed by atoms with Gasteiger partial charge < -0.3 is 4.42 Å². The van der Waals surface area contributed by atoms with Crippen LogP contribution in [-0.2, 0) is 16.7 Å². The Labute approximate surface area is 253 Å². The Morgan fingerprint density at radius 2 is 1.17 bits per heavy atom. The van der Waals surface area contributed by atoms with Crippen molar-refractivity contribution in [3.63, 3.8) is 0 Å². The maximum atomic E-state index is 11.8. The average molecular weight is 605 g/mol. The SMILES string of the molecule is CCCCCCCCCCCCCCCCCCCC[n+]1c(C)oc2cccc(-c3cccc(S(=O)(=O)O)c3Cl)c21. The van der Waals surface area contributed by atoms with Gasteiger partial charge in [0.15, 0.2) is 6.54 Å². The summed E-state index contributed by atoms with van der Waals surface area (Å²) in [6.45, 7) is 5.06. The molecule has 0 aliphatic carbocycles. The van der Waals surface area contributed by atoms with Crippen LogP contribution in [0.1, 0.15) is 128 Å². The molecule has 3 aromatic rings. The predicted molar refractivity (Wildman–Crippen MR) is 170 cm³/mol. The molecule has 3 rings (SSSR count). The van der Waals surface area contributed by atoms with Crippen LogP contribution in [0, 0.1) is 6.92 Å². The first-order valence-corrected chi connectivity index (χ1v) is 17.8. The molecule has 41 heavy (non-hydrogen) atoms. The van der Waals surface area contributed by atoms with Crippen LogP contribution in [-0.4, -0.2) is 13.0 Å². The quantitative estimate of drug-likeness (QED) is 0.0745. The van der Waals surface area contributed by atoms with Crippen molar-refractivity contribution in [3.05, 3.63) is 47.3 Å². The second-order valence-corrected chi connectivity index (χ2v) is 13.3. The van der Waals surface area contributed by atoms with Gasteiger partial charge in [-0.15, -0.1) is 0 Å². The van der Waals surface area contributed by atoms with E-state index in [1.165, 1.54) is 115 Å². The van der Waals surface area contributed by atoms with Crippen molar-refractivity contribution in [2.24, 2.45) is 0 Å². The fourth-order valence-corrected chi connectivity index (χ4v) is 6.94. The van der Waals surface area contributed by atoms with Crippen LogP contribution in [0.3, 0.4) is 0 Å². The van der Waals surface area contributed by atoms with Crippen LogP contribution in [0.15, 0.2) is 45.7 Å². The molecule has 1 N–H and O–H groups in total. The molecule has 0 aliphatic heterocycles. The van der Waals surface area contributed by atoms with E-state index in [9.17, 15) is 13.0 Å². The maximum absolute atomic E-state index is 11.8. The molecule has 0 amide bonds. The summed E-state index contributed by atoms with van der Waals surface area (Å²) in [6, 6.07) is 10.4. The summed E-state index contributed by atoms with van der Waals surface area (Å²) in [4.78, 5) is -0.288. The van der Waals surface area contributed by atoms with Crippen molar-refractivity contribution in [1.29, 1.82) is 0 Å². The Kier molecular flexibility index (Phi) is 14.7. The summed E-state index contributed by atoms with van der Waals surface area (Å²) in [5.41, 5.74) is 2.97. The number of rotatable bonds is 21. The van der Waals surface area contributed by atoms with Crippen LogP contribution in [0.4, 0.5) is 0 Å². The van der Waals surface area contributed by atoms with Crippen molar-refractivity contribution in [2.45, 2.75) is 141 Å². The molecule has 0 aliphatic rings. The Morgan fingerprint density at radius 3 is 1.68 bits per heavy atom. The summed E-state index contributed by atoms with van der Waals surface area (Å²) in [7, 11) is -4.42. The predicted octanol–water partition coefficient (Wildman–Crippen LogP) is 10.6. The van der Waals surface area contributed by atoms with E-state index in [0.717, 1.165) is 35.5 Å². The summed E-state index contributed by atoms with van der Waals surface area (Å²) in [6.07, 6.45) is 24.3. The highest BCUT2D eigenvalue weighted by Gasteiger charge is 2.26. The topological polar surface area (TPSA) is 71.4 Å². The van der Waals surface area contributed by atoms with E-state index in [2.05, 4.69) is 11.5 Å². The van der Waals surface area contributed by atoms with Gasteiger partial charge in [-0.1, -0.05) is 139 Å². The van der Waals surface area contributed by atoms with E-state index in [1.807, 2.05) is 25.1 Å². The Bertz CT molecular complexity index is 1300. The number of unbranched alkanes of at least 4 members (excludes halogenated alkanes) is 17. The van der Waals surface area contributed by atoms with Crippen LogP contribution in [0.2, 0.25) is 5.02 Å². The highest BCUT2D eigenvalue weighted by molar-refractivity contribution is 7.86. The number of hydrogen-bond donors (Lipinski definition) is 1. The first-order chi connectivity index (χ1) is 19.8. The van der Waals surface area contributed by atoms with Gasteiger partial charge in [0.25, 0.3) is 15.6 Å². The molecule has 0 saturated heterocycles. The molecule has 228 valence electrons. The molecule has 1 heterocycles. The number of nitrogens with zero attached hydrogens (tertiary/aromatic N) is 1. The van der Waals surface area contributed by atoms with Gasteiger partial charge in [0.05, 0.1) is 17.5 Å². The first kappa shape index (κ1) is 33.6. The third kappa shape index (κ3) is 10.7. The molecule has 0 fully saturated rings. The number of oxazole rings is 1. The van der Waals surface area contributed by atoms with Gasteiger partial charge >= 0.3 is 5.89 Å². The fraction of sp³-hybridized carbons (Fsp3) is 0.618. The van der Waals surface area contributed by atoms with Crippen molar-refractivity contribution in [1.82, 2.24) is 0 Å². The Morgan fingerprint density at radius 1 is 0.707 bits per heavy atom.